The van der Waals surface area contributed by atoms with E-state index in [-0.39, 0.29) is 33.6 Å². The van der Waals surface area contributed by atoms with E-state index in [0.29, 0.717) is 28.6 Å². The van der Waals surface area contributed by atoms with Crippen LogP contribution >= 0.6 is 23.4 Å². The van der Waals surface area contributed by atoms with Gasteiger partial charge < -0.3 is 19.9 Å². The summed E-state index contributed by atoms with van der Waals surface area (Å²) in [4.78, 5) is 50.0. The van der Waals surface area contributed by atoms with Crippen LogP contribution in [0.5, 0.6) is 11.5 Å². The summed E-state index contributed by atoms with van der Waals surface area (Å²) < 4.78 is 11.2. The molecule has 3 aromatic carbocycles. The van der Waals surface area contributed by atoms with Gasteiger partial charge in [0.2, 0.25) is 5.91 Å². The number of methoxy groups -OCH3 is 1. The number of nitrogens with one attached hydrogen (secondary N) is 1. The first-order chi connectivity index (χ1) is 18.6. The Morgan fingerprint density at radius 3 is 2.54 bits per heavy atom. The van der Waals surface area contributed by atoms with Gasteiger partial charge >= 0.3 is 5.97 Å². The Hall–Kier alpha value is -4.28. The average molecular weight is 567 g/mol. The molecule has 0 spiro atoms. The number of amides is 3. The summed E-state index contributed by atoms with van der Waals surface area (Å²) in [6.45, 7) is 1.54. The minimum Gasteiger partial charge on any atom is -0.493 e. The molecule has 3 aromatic rings. The number of carboxylic acids is 1. The van der Waals surface area contributed by atoms with Gasteiger partial charge in [0.1, 0.15) is 13.2 Å². The molecule has 0 bridgehead atoms. The van der Waals surface area contributed by atoms with Crippen LogP contribution in [0.25, 0.3) is 6.08 Å². The first-order valence-corrected chi connectivity index (χ1v) is 12.8. The fourth-order valence-electron chi connectivity index (χ4n) is 3.68. The van der Waals surface area contributed by atoms with Crippen molar-refractivity contribution in [3.05, 3.63) is 92.8 Å². The topological polar surface area (TPSA) is 122 Å². The van der Waals surface area contributed by atoms with Crippen LogP contribution < -0.4 is 14.8 Å². The number of rotatable bonds is 9. The van der Waals surface area contributed by atoms with Crippen molar-refractivity contribution < 1.29 is 33.8 Å². The van der Waals surface area contributed by atoms with Crippen LogP contribution in [0.3, 0.4) is 0 Å². The Morgan fingerprint density at radius 1 is 1.10 bits per heavy atom. The summed E-state index contributed by atoms with van der Waals surface area (Å²) in [6.07, 6.45) is 1.48. The maximum Gasteiger partial charge on any atom is 0.335 e. The molecule has 1 heterocycles. The molecular weight excluding hydrogens is 544 g/mol. The largest absolute Gasteiger partial charge is 0.493 e. The number of carboxylic acid groups (broad SMARTS) is 1. The normalized spacial score (nSPS) is 14.0. The van der Waals surface area contributed by atoms with Gasteiger partial charge in [-0.2, -0.15) is 0 Å². The third kappa shape index (κ3) is 6.78. The molecule has 39 heavy (non-hydrogen) atoms. The zero-order chi connectivity index (χ0) is 28.1. The van der Waals surface area contributed by atoms with Crippen molar-refractivity contribution in [2.24, 2.45) is 0 Å². The van der Waals surface area contributed by atoms with Crippen LogP contribution in [0.2, 0.25) is 5.02 Å². The maximum absolute atomic E-state index is 12.9. The van der Waals surface area contributed by atoms with E-state index in [0.717, 1.165) is 10.5 Å². The van der Waals surface area contributed by atoms with Crippen molar-refractivity contribution in [3.8, 4) is 11.5 Å². The van der Waals surface area contributed by atoms with Crippen molar-refractivity contribution in [3.63, 3.8) is 0 Å². The molecule has 1 fully saturated rings. The van der Waals surface area contributed by atoms with Gasteiger partial charge in [-0.05, 0) is 72.3 Å². The Balaban J connectivity index is 1.46. The molecule has 1 aliphatic rings. The summed E-state index contributed by atoms with van der Waals surface area (Å²) in [7, 11) is 1.42. The second kappa shape index (κ2) is 12.1. The average Bonchev–Trinajstić information content (AvgIpc) is 3.16. The lowest BCUT2D eigenvalue weighted by Gasteiger charge is -2.14. The number of carbonyl (C=O) groups is 4. The Kier molecular flexibility index (Phi) is 8.58. The van der Waals surface area contributed by atoms with E-state index < -0.39 is 29.6 Å². The van der Waals surface area contributed by atoms with Gasteiger partial charge in [-0.15, -0.1) is 0 Å². The lowest BCUT2D eigenvalue weighted by atomic mass is 10.1. The minimum absolute atomic E-state index is 0.0418. The minimum atomic E-state index is -1.05. The highest BCUT2D eigenvalue weighted by molar-refractivity contribution is 8.18. The van der Waals surface area contributed by atoms with Gasteiger partial charge in [-0.1, -0.05) is 41.4 Å². The van der Waals surface area contributed by atoms with Crippen LogP contribution in [0.15, 0.2) is 65.6 Å². The van der Waals surface area contributed by atoms with E-state index in [2.05, 4.69) is 5.32 Å². The van der Waals surface area contributed by atoms with Gasteiger partial charge in [0.05, 0.1) is 22.6 Å². The molecule has 1 saturated heterocycles. The molecule has 0 aliphatic carbocycles. The molecule has 11 heteroatoms. The number of aromatic carboxylic acids is 1. The monoisotopic (exact) mass is 566 g/mol. The van der Waals surface area contributed by atoms with Crippen LogP contribution in [-0.2, 0) is 16.2 Å². The van der Waals surface area contributed by atoms with Gasteiger partial charge in [0, 0.05) is 5.69 Å². The molecule has 200 valence electrons. The maximum atomic E-state index is 12.9. The van der Waals surface area contributed by atoms with Crippen molar-refractivity contribution in [2.75, 3.05) is 19.0 Å². The summed E-state index contributed by atoms with van der Waals surface area (Å²) in [5.41, 5.74) is 2.83. The number of benzene rings is 3. The van der Waals surface area contributed by atoms with Crippen LogP contribution in [0.4, 0.5) is 10.5 Å². The summed E-state index contributed by atoms with van der Waals surface area (Å²) in [5.74, 6) is -1.63. The Morgan fingerprint density at radius 2 is 1.85 bits per heavy atom. The lowest BCUT2D eigenvalue weighted by Crippen LogP contribution is -2.36. The number of anilines is 1. The Labute approximate surface area is 233 Å². The molecule has 2 N–H and O–H groups in total. The standard InChI is InChI=1S/C28H23ClN2O7S/c1-16-6-8-20(9-7-16)30-24(32)14-31-26(33)23(39-28(31)36)13-18-11-21(29)25(22(12-18)37-2)38-15-17-4-3-5-19(10-17)27(34)35/h3-13H,14-15H2,1-2H3,(H,30,32)(H,34,35)/b23-13-. The molecule has 4 rings (SSSR count). The quantitative estimate of drug-likeness (QED) is 0.320. The van der Waals surface area contributed by atoms with Crippen LogP contribution in [0, 0.1) is 6.92 Å². The van der Waals surface area contributed by atoms with E-state index in [1.54, 1.807) is 36.4 Å². The number of hydrogen-bond acceptors (Lipinski definition) is 7. The van der Waals surface area contributed by atoms with Gasteiger partial charge in [-0.25, -0.2) is 4.79 Å². The molecule has 1 aliphatic heterocycles. The van der Waals surface area contributed by atoms with Gasteiger partial charge in [0.25, 0.3) is 11.1 Å². The second-order valence-electron chi connectivity index (χ2n) is 8.51. The van der Waals surface area contributed by atoms with E-state index in [1.807, 2.05) is 19.1 Å². The first-order valence-electron chi connectivity index (χ1n) is 11.6. The third-order valence-corrected chi connectivity index (χ3v) is 6.81. The van der Waals surface area contributed by atoms with E-state index in [4.69, 9.17) is 21.1 Å². The zero-order valence-corrected chi connectivity index (χ0v) is 22.5. The molecule has 0 unspecified atom stereocenters. The van der Waals surface area contributed by atoms with Crippen molar-refractivity contribution in [1.82, 2.24) is 4.90 Å². The predicted octanol–water partition coefficient (Wildman–Crippen LogP) is 5.61. The fourth-order valence-corrected chi connectivity index (χ4v) is 4.79. The number of halogens is 1. The first kappa shape index (κ1) is 27.7. The Bertz CT molecular complexity index is 1490. The number of imide groups is 1. The predicted molar refractivity (Wildman–Crippen MR) is 148 cm³/mol. The van der Waals surface area contributed by atoms with Crippen molar-refractivity contribution >= 4 is 58.1 Å². The van der Waals surface area contributed by atoms with E-state index in [1.165, 1.54) is 25.3 Å². The summed E-state index contributed by atoms with van der Waals surface area (Å²) in [6, 6.07) is 16.6. The third-order valence-electron chi connectivity index (χ3n) is 5.62. The number of carbonyl (C=O) groups excluding carboxylic acids is 3. The second-order valence-corrected chi connectivity index (χ2v) is 9.91. The molecule has 0 saturated carbocycles. The van der Waals surface area contributed by atoms with Crippen molar-refractivity contribution in [2.45, 2.75) is 13.5 Å². The highest BCUT2D eigenvalue weighted by Gasteiger charge is 2.36. The molecule has 0 atom stereocenters. The molecule has 9 nitrogen and oxygen atoms in total. The van der Waals surface area contributed by atoms with Crippen LogP contribution in [-0.4, -0.2) is 46.7 Å². The smallest absolute Gasteiger partial charge is 0.335 e. The molecule has 0 radical (unpaired) electrons. The fraction of sp³-hybridized carbons (Fsp3) is 0.143. The molecule has 3 amide bonds. The number of ether oxygens (including phenoxy) is 2. The molecular formula is C28H23ClN2O7S. The summed E-state index contributed by atoms with van der Waals surface area (Å²) >= 11 is 7.16. The zero-order valence-electron chi connectivity index (χ0n) is 20.9. The number of aryl methyl sites for hydroxylation is 1. The highest BCUT2D eigenvalue weighted by atomic mass is 35.5. The van der Waals surface area contributed by atoms with Crippen LogP contribution in [0.1, 0.15) is 27.0 Å². The van der Waals surface area contributed by atoms with Gasteiger partial charge in [0.15, 0.2) is 11.5 Å². The van der Waals surface area contributed by atoms with Crippen molar-refractivity contribution in [1.29, 1.82) is 0 Å². The van der Waals surface area contributed by atoms with E-state index in [9.17, 15) is 24.3 Å². The number of thioether (sulfide) groups is 1. The lowest BCUT2D eigenvalue weighted by molar-refractivity contribution is -0.127. The highest BCUT2D eigenvalue weighted by Crippen LogP contribution is 2.39. The number of nitrogens with zero attached hydrogens (tertiary/aromatic N) is 1. The summed E-state index contributed by atoms with van der Waals surface area (Å²) in [5, 5.41) is 11.5. The van der Waals surface area contributed by atoms with Gasteiger partial charge in [-0.3, -0.25) is 19.3 Å². The van der Waals surface area contributed by atoms with E-state index >= 15 is 0 Å². The molecule has 0 aromatic heterocycles. The SMILES string of the molecule is COc1cc(/C=C2\SC(=O)N(CC(=O)Nc3ccc(C)cc3)C2=O)cc(Cl)c1OCc1cccc(C(=O)O)c1. The number of hydrogen-bond donors (Lipinski definition) is 2.